The second kappa shape index (κ2) is 6.55. The topological polar surface area (TPSA) is 83.4 Å². The number of nitrogens with one attached hydrogen (secondary N) is 1. The summed E-state index contributed by atoms with van der Waals surface area (Å²) in [6.07, 6.45) is 2.21. The lowest BCUT2D eigenvalue weighted by molar-refractivity contribution is -0.122. The van der Waals surface area contributed by atoms with Crippen molar-refractivity contribution in [1.29, 1.82) is 0 Å². The molecule has 0 unspecified atom stereocenters. The van der Waals surface area contributed by atoms with Gasteiger partial charge >= 0.3 is 6.03 Å². The summed E-state index contributed by atoms with van der Waals surface area (Å²) in [6.45, 7) is 6.00. The zero-order valence-corrected chi connectivity index (χ0v) is 12.7. The number of carbonyl (C=O) groups is 2. The van der Waals surface area contributed by atoms with Crippen LogP contribution in [0.5, 0.6) is 0 Å². The predicted octanol–water partition coefficient (Wildman–Crippen LogP) is 0.233. The molecule has 1 N–H and O–H groups in total. The van der Waals surface area contributed by atoms with E-state index in [2.05, 4.69) is 15.4 Å². The second-order valence-corrected chi connectivity index (χ2v) is 5.09. The van der Waals surface area contributed by atoms with E-state index in [0.717, 1.165) is 12.2 Å². The van der Waals surface area contributed by atoms with Gasteiger partial charge in [-0.1, -0.05) is 6.92 Å². The van der Waals surface area contributed by atoms with Crippen LogP contribution in [-0.4, -0.2) is 63.2 Å². The first-order valence-electron chi connectivity index (χ1n) is 7.23. The fourth-order valence-corrected chi connectivity index (χ4v) is 2.40. The molecule has 21 heavy (non-hydrogen) atoms. The number of likely N-dealkylation sites (N-methyl/N-ethyl adjacent to an activating group) is 1. The molecule has 1 fully saturated rings. The van der Waals surface area contributed by atoms with Gasteiger partial charge in [0.15, 0.2) is 0 Å². The molecule has 8 heteroatoms. The quantitative estimate of drug-likeness (QED) is 0.814. The molecule has 0 radical (unpaired) electrons. The number of nitrogens with zero attached hydrogens (tertiary/aromatic N) is 5. The van der Waals surface area contributed by atoms with Crippen LogP contribution in [0.2, 0.25) is 0 Å². The Balaban J connectivity index is 1.96. The van der Waals surface area contributed by atoms with Crippen LogP contribution < -0.4 is 5.32 Å². The number of hydrogen-bond donors (Lipinski definition) is 1. The molecule has 1 aromatic rings. The van der Waals surface area contributed by atoms with E-state index in [4.69, 9.17) is 0 Å². The Labute approximate surface area is 124 Å². The zero-order valence-electron chi connectivity index (χ0n) is 12.7. The number of hydrogen-bond acceptors (Lipinski definition) is 4. The highest BCUT2D eigenvalue weighted by Crippen LogP contribution is 2.14. The molecule has 8 nitrogen and oxygen atoms in total. The Bertz CT molecular complexity index is 515. The van der Waals surface area contributed by atoms with Crippen LogP contribution in [0.25, 0.3) is 0 Å². The minimum absolute atomic E-state index is 0.0833. The molecule has 0 aliphatic carbocycles. The Hall–Kier alpha value is -2.12. The molecule has 116 valence electrons. The van der Waals surface area contributed by atoms with E-state index in [9.17, 15) is 9.59 Å². The van der Waals surface area contributed by atoms with Crippen LogP contribution in [0.3, 0.4) is 0 Å². The maximum Gasteiger partial charge on any atom is 0.320 e. The van der Waals surface area contributed by atoms with E-state index >= 15 is 0 Å². The van der Waals surface area contributed by atoms with Crippen molar-refractivity contribution >= 4 is 11.9 Å². The van der Waals surface area contributed by atoms with Gasteiger partial charge < -0.3 is 15.1 Å². The standard InChI is InChI=1S/C13H22N6O2/c1-4-10(12-14-9-15-19(12)5-2)16-11(20)8-18-7-6-17(3)13(18)21/h9-10H,4-8H2,1-3H3,(H,16,20)/t10-/m1/s1. The SMILES string of the molecule is CC[C@@H](NC(=O)CN1CCN(C)C1=O)c1ncnn1CC. The van der Waals surface area contributed by atoms with Crippen molar-refractivity contribution in [2.45, 2.75) is 32.9 Å². The Morgan fingerprint density at radius 1 is 1.43 bits per heavy atom. The van der Waals surface area contributed by atoms with Crippen molar-refractivity contribution in [2.75, 3.05) is 26.7 Å². The summed E-state index contributed by atoms with van der Waals surface area (Å²) in [5.74, 6) is 0.578. The summed E-state index contributed by atoms with van der Waals surface area (Å²) in [5, 5.41) is 7.05. The van der Waals surface area contributed by atoms with Crippen molar-refractivity contribution in [1.82, 2.24) is 29.9 Å². The van der Waals surface area contributed by atoms with Gasteiger partial charge in [-0.15, -0.1) is 0 Å². The first-order chi connectivity index (χ1) is 10.1. The predicted molar refractivity (Wildman–Crippen MR) is 76.5 cm³/mol. The van der Waals surface area contributed by atoms with Crippen LogP contribution in [-0.2, 0) is 11.3 Å². The maximum atomic E-state index is 12.1. The first kappa shape index (κ1) is 15.3. The summed E-state index contributed by atoms with van der Waals surface area (Å²) < 4.78 is 1.77. The zero-order chi connectivity index (χ0) is 15.4. The number of amides is 3. The first-order valence-corrected chi connectivity index (χ1v) is 7.23. The summed E-state index contributed by atoms with van der Waals surface area (Å²) in [7, 11) is 1.73. The smallest absolute Gasteiger partial charge is 0.320 e. The van der Waals surface area contributed by atoms with Gasteiger partial charge in [0.05, 0.1) is 6.04 Å². The van der Waals surface area contributed by atoms with Gasteiger partial charge in [0, 0.05) is 26.7 Å². The van der Waals surface area contributed by atoms with Crippen LogP contribution in [0.1, 0.15) is 32.1 Å². The highest BCUT2D eigenvalue weighted by atomic mass is 16.2. The molecule has 2 heterocycles. The van der Waals surface area contributed by atoms with Crippen LogP contribution in [0.4, 0.5) is 4.79 Å². The molecule has 1 saturated heterocycles. The molecule has 0 spiro atoms. The van der Waals surface area contributed by atoms with Gasteiger partial charge in [0.1, 0.15) is 18.7 Å². The normalized spacial score (nSPS) is 16.4. The lowest BCUT2D eigenvalue weighted by atomic mass is 10.2. The summed E-state index contributed by atoms with van der Waals surface area (Å²) in [6, 6.07) is -0.287. The number of rotatable bonds is 6. The minimum Gasteiger partial charge on any atom is -0.345 e. The number of aromatic nitrogens is 3. The van der Waals surface area contributed by atoms with Gasteiger partial charge in [-0.05, 0) is 13.3 Å². The summed E-state index contributed by atoms with van der Waals surface area (Å²) in [5.41, 5.74) is 0. The van der Waals surface area contributed by atoms with Gasteiger partial charge in [-0.25, -0.2) is 14.5 Å². The highest BCUT2D eigenvalue weighted by molar-refractivity contribution is 5.85. The van der Waals surface area contributed by atoms with Crippen LogP contribution in [0.15, 0.2) is 6.33 Å². The molecule has 1 aliphatic heterocycles. The molecule has 1 aliphatic rings. The Morgan fingerprint density at radius 3 is 2.76 bits per heavy atom. The Kier molecular flexibility index (Phi) is 4.77. The third-order valence-corrected chi connectivity index (χ3v) is 3.64. The van der Waals surface area contributed by atoms with Crippen molar-refractivity contribution in [3.8, 4) is 0 Å². The van der Waals surface area contributed by atoms with Gasteiger partial charge in [0.2, 0.25) is 5.91 Å². The Morgan fingerprint density at radius 2 is 2.19 bits per heavy atom. The van der Waals surface area contributed by atoms with Crippen molar-refractivity contribution in [3.05, 3.63) is 12.2 Å². The minimum atomic E-state index is -0.185. The van der Waals surface area contributed by atoms with E-state index < -0.39 is 0 Å². The summed E-state index contributed by atoms with van der Waals surface area (Å²) >= 11 is 0. The van der Waals surface area contributed by atoms with E-state index in [-0.39, 0.29) is 24.5 Å². The van der Waals surface area contributed by atoms with E-state index in [1.54, 1.807) is 21.5 Å². The molecule has 3 amide bonds. The maximum absolute atomic E-state index is 12.1. The van der Waals surface area contributed by atoms with Crippen molar-refractivity contribution in [3.63, 3.8) is 0 Å². The van der Waals surface area contributed by atoms with E-state index in [1.165, 1.54) is 6.33 Å². The fraction of sp³-hybridized carbons (Fsp3) is 0.692. The number of carbonyl (C=O) groups excluding carboxylic acids is 2. The molecule has 1 aromatic heterocycles. The third kappa shape index (κ3) is 3.32. The van der Waals surface area contributed by atoms with Crippen molar-refractivity contribution < 1.29 is 9.59 Å². The van der Waals surface area contributed by atoms with Crippen LogP contribution >= 0.6 is 0 Å². The van der Waals surface area contributed by atoms with Gasteiger partial charge in [-0.3, -0.25) is 4.79 Å². The van der Waals surface area contributed by atoms with E-state index in [0.29, 0.717) is 19.6 Å². The van der Waals surface area contributed by atoms with E-state index in [1.807, 2.05) is 13.8 Å². The average Bonchev–Trinajstić information content (AvgIpc) is 3.06. The molecule has 0 saturated carbocycles. The average molecular weight is 294 g/mol. The van der Waals surface area contributed by atoms with Crippen molar-refractivity contribution in [2.24, 2.45) is 0 Å². The van der Waals surface area contributed by atoms with Crippen LogP contribution in [0, 0.1) is 0 Å². The summed E-state index contributed by atoms with van der Waals surface area (Å²) in [4.78, 5) is 31.3. The molecule has 0 aromatic carbocycles. The lowest BCUT2D eigenvalue weighted by Crippen LogP contribution is -2.41. The second-order valence-electron chi connectivity index (χ2n) is 5.09. The molecular weight excluding hydrogens is 272 g/mol. The third-order valence-electron chi connectivity index (χ3n) is 3.64. The number of aryl methyl sites for hydroxylation is 1. The molecular formula is C13H22N6O2. The molecule has 2 rings (SSSR count). The lowest BCUT2D eigenvalue weighted by Gasteiger charge is -2.20. The highest BCUT2D eigenvalue weighted by Gasteiger charge is 2.28. The largest absolute Gasteiger partial charge is 0.345 e. The van der Waals surface area contributed by atoms with Gasteiger partial charge in [0.25, 0.3) is 0 Å². The van der Waals surface area contributed by atoms with Gasteiger partial charge in [-0.2, -0.15) is 5.10 Å². The monoisotopic (exact) mass is 294 g/mol. The molecule has 1 atom stereocenters. The fourth-order valence-electron chi connectivity index (χ4n) is 2.40. The molecule has 0 bridgehead atoms. The number of urea groups is 1.